The molecule has 26 heavy (non-hydrogen) atoms. The number of ether oxygens (including phenoxy) is 4. The Morgan fingerprint density at radius 2 is 1.81 bits per heavy atom. The van der Waals surface area contributed by atoms with Gasteiger partial charge in [-0.15, -0.1) is 0 Å². The predicted molar refractivity (Wildman–Crippen MR) is 104 cm³/mol. The van der Waals surface area contributed by atoms with Crippen molar-refractivity contribution < 1.29 is 18.9 Å². The number of aromatic nitrogens is 1. The van der Waals surface area contributed by atoms with Gasteiger partial charge in [0, 0.05) is 12.1 Å². The number of fused-ring (bicyclic) bond motifs is 1. The zero-order valence-corrected chi connectivity index (χ0v) is 16.1. The van der Waals surface area contributed by atoms with Crippen molar-refractivity contribution in [2.75, 3.05) is 33.3 Å². The van der Waals surface area contributed by atoms with Crippen LogP contribution in [0.15, 0.2) is 30.3 Å². The Morgan fingerprint density at radius 1 is 1.00 bits per heavy atom. The highest BCUT2D eigenvalue weighted by Gasteiger charge is 2.16. The second-order valence-electron chi connectivity index (χ2n) is 5.43. The van der Waals surface area contributed by atoms with Gasteiger partial charge >= 0.3 is 0 Å². The number of benzene rings is 2. The van der Waals surface area contributed by atoms with E-state index in [-0.39, 0.29) is 0 Å². The third kappa shape index (κ3) is 3.62. The molecule has 6 nitrogen and oxygen atoms in total. The minimum absolute atomic E-state index is 0.557. The number of nitrogens with one attached hydrogen (secondary N) is 1. The molecule has 1 N–H and O–H groups in total. The SMILES string of the molecule is CCOc1ccc2nc(NCc3ccc(OC)c(OC)c3OC)sc2c1. The maximum atomic E-state index is 5.55. The molecule has 1 aromatic heterocycles. The zero-order valence-electron chi connectivity index (χ0n) is 15.3. The van der Waals surface area contributed by atoms with Crippen molar-refractivity contribution in [2.24, 2.45) is 0 Å². The Hall–Kier alpha value is -2.67. The molecule has 3 rings (SSSR count). The van der Waals surface area contributed by atoms with Crippen LogP contribution in [0.25, 0.3) is 10.2 Å². The van der Waals surface area contributed by atoms with E-state index in [1.807, 2.05) is 37.3 Å². The van der Waals surface area contributed by atoms with Crippen LogP contribution in [0.2, 0.25) is 0 Å². The van der Waals surface area contributed by atoms with Gasteiger partial charge in [0.1, 0.15) is 5.75 Å². The molecule has 0 saturated heterocycles. The minimum atomic E-state index is 0.557. The molecule has 0 bridgehead atoms. The highest BCUT2D eigenvalue weighted by Crippen LogP contribution is 2.40. The molecule has 7 heteroatoms. The fraction of sp³-hybridized carbons (Fsp3) is 0.316. The van der Waals surface area contributed by atoms with Crippen LogP contribution in [0.3, 0.4) is 0 Å². The number of hydrogen-bond acceptors (Lipinski definition) is 7. The molecule has 0 fully saturated rings. The monoisotopic (exact) mass is 374 g/mol. The maximum absolute atomic E-state index is 5.55. The first-order valence-corrected chi connectivity index (χ1v) is 9.06. The molecule has 0 radical (unpaired) electrons. The van der Waals surface area contributed by atoms with Gasteiger partial charge in [-0.3, -0.25) is 0 Å². The molecular weight excluding hydrogens is 352 g/mol. The van der Waals surface area contributed by atoms with Gasteiger partial charge in [-0.2, -0.15) is 0 Å². The van der Waals surface area contributed by atoms with Crippen LogP contribution in [-0.4, -0.2) is 32.9 Å². The van der Waals surface area contributed by atoms with Gasteiger partial charge in [0.2, 0.25) is 5.75 Å². The Kier molecular flexibility index (Phi) is 5.68. The van der Waals surface area contributed by atoms with Gasteiger partial charge in [-0.1, -0.05) is 11.3 Å². The van der Waals surface area contributed by atoms with E-state index in [1.54, 1.807) is 32.7 Å². The Bertz CT molecular complexity index is 895. The lowest BCUT2D eigenvalue weighted by Crippen LogP contribution is -2.04. The van der Waals surface area contributed by atoms with E-state index in [9.17, 15) is 0 Å². The second kappa shape index (κ2) is 8.14. The average molecular weight is 374 g/mol. The summed E-state index contributed by atoms with van der Waals surface area (Å²) < 4.78 is 22.9. The molecule has 138 valence electrons. The number of thiazole rings is 1. The Labute approximate surface area is 156 Å². The number of anilines is 1. The molecule has 0 amide bonds. The molecule has 0 atom stereocenters. The number of rotatable bonds is 8. The summed E-state index contributed by atoms with van der Waals surface area (Å²) >= 11 is 1.59. The standard InChI is InChI=1S/C19H22N2O4S/c1-5-25-13-7-8-14-16(10-13)26-19(21-14)20-11-12-6-9-15(22-2)18(24-4)17(12)23-3/h6-10H,5,11H2,1-4H3,(H,20,21). The molecular formula is C19H22N2O4S. The van der Waals surface area contributed by atoms with Crippen LogP contribution >= 0.6 is 11.3 Å². The number of nitrogens with zero attached hydrogens (tertiary/aromatic N) is 1. The van der Waals surface area contributed by atoms with Crippen molar-refractivity contribution in [3.8, 4) is 23.0 Å². The highest BCUT2D eigenvalue weighted by atomic mass is 32.1. The second-order valence-corrected chi connectivity index (χ2v) is 6.46. The summed E-state index contributed by atoms with van der Waals surface area (Å²) in [5.74, 6) is 2.73. The van der Waals surface area contributed by atoms with Crippen molar-refractivity contribution in [1.82, 2.24) is 4.98 Å². The highest BCUT2D eigenvalue weighted by molar-refractivity contribution is 7.22. The third-order valence-electron chi connectivity index (χ3n) is 3.89. The quantitative estimate of drug-likeness (QED) is 0.633. The Morgan fingerprint density at radius 3 is 2.50 bits per heavy atom. The largest absolute Gasteiger partial charge is 0.494 e. The zero-order chi connectivity index (χ0) is 18.5. The molecule has 1 heterocycles. The summed E-state index contributed by atoms with van der Waals surface area (Å²) in [6, 6.07) is 9.74. The van der Waals surface area contributed by atoms with E-state index in [2.05, 4.69) is 10.3 Å². The van der Waals surface area contributed by atoms with Crippen LogP contribution in [0.1, 0.15) is 12.5 Å². The van der Waals surface area contributed by atoms with E-state index < -0.39 is 0 Å². The van der Waals surface area contributed by atoms with Crippen LogP contribution in [0, 0.1) is 0 Å². The van der Waals surface area contributed by atoms with Gasteiger partial charge in [0.15, 0.2) is 16.6 Å². The fourth-order valence-electron chi connectivity index (χ4n) is 2.71. The predicted octanol–water partition coefficient (Wildman–Crippen LogP) is 4.33. The van der Waals surface area contributed by atoms with Gasteiger partial charge in [-0.05, 0) is 37.3 Å². The van der Waals surface area contributed by atoms with E-state index in [0.717, 1.165) is 26.7 Å². The summed E-state index contributed by atoms with van der Waals surface area (Å²) in [6.45, 7) is 3.18. The van der Waals surface area contributed by atoms with Crippen LogP contribution in [0.4, 0.5) is 5.13 Å². The summed E-state index contributed by atoms with van der Waals surface area (Å²) in [6.07, 6.45) is 0. The summed E-state index contributed by atoms with van der Waals surface area (Å²) in [5, 5.41) is 4.19. The van der Waals surface area contributed by atoms with Gasteiger partial charge in [0.25, 0.3) is 0 Å². The molecule has 2 aromatic carbocycles. The first-order valence-electron chi connectivity index (χ1n) is 8.25. The van der Waals surface area contributed by atoms with Crippen molar-refractivity contribution in [3.05, 3.63) is 35.9 Å². The molecule has 0 unspecified atom stereocenters. The van der Waals surface area contributed by atoms with Crippen molar-refractivity contribution >= 4 is 26.7 Å². The van der Waals surface area contributed by atoms with E-state index in [1.165, 1.54) is 0 Å². The van der Waals surface area contributed by atoms with Crippen molar-refractivity contribution in [1.29, 1.82) is 0 Å². The first kappa shape index (κ1) is 18.1. The molecule has 3 aromatic rings. The van der Waals surface area contributed by atoms with Crippen molar-refractivity contribution in [3.63, 3.8) is 0 Å². The number of methoxy groups -OCH3 is 3. The summed E-state index contributed by atoms with van der Waals surface area (Å²) in [7, 11) is 4.82. The van der Waals surface area contributed by atoms with Gasteiger partial charge in [-0.25, -0.2) is 4.98 Å². The maximum Gasteiger partial charge on any atom is 0.203 e. The normalized spacial score (nSPS) is 10.6. The lowest BCUT2D eigenvalue weighted by Gasteiger charge is -2.15. The Balaban J connectivity index is 1.81. The number of hydrogen-bond donors (Lipinski definition) is 1. The topological polar surface area (TPSA) is 61.8 Å². The summed E-state index contributed by atoms with van der Waals surface area (Å²) in [4.78, 5) is 4.62. The minimum Gasteiger partial charge on any atom is -0.494 e. The average Bonchev–Trinajstić information content (AvgIpc) is 3.07. The van der Waals surface area contributed by atoms with E-state index >= 15 is 0 Å². The van der Waals surface area contributed by atoms with Crippen molar-refractivity contribution in [2.45, 2.75) is 13.5 Å². The van der Waals surface area contributed by atoms with Crippen LogP contribution < -0.4 is 24.3 Å². The van der Waals surface area contributed by atoms with Crippen LogP contribution in [-0.2, 0) is 6.54 Å². The smallest absolute Gasteiger partial charge is 0.203 e. The molecule has 0 spiro atoms. The first-order chi connectivity index (χ1) is 12.7. The lowest BCUT2D eigenvalue weighted by molar-refractivity contribution is 0.322. The molecule has 0 aliphatic heterocycles. The van der Waals surface area contributed by atoms with E-state index in [0.29, 0.717) is 30.4 Å². The lowest BCUT2D eigenvalue weighted by atomic mass is 10.1. The third-order valence-corrected chi connectivity index (χ3v) is 4.86. The van der Waals surface area contributed by atoms with Gasteiger partial charge < -0.3 is 24.3 Å². The van der Waals surface area contributed by atoms with Gasteiger partial charge in [0.05, 0.1) is 38.2 Å². The van der Waals surface area contributed by atoms with E-state index in [4.69, 9.17) is 18.9 Å². The van der Waals surface area contributed by atoms with Crippen LogP contribution in [0.5, 0.6) is 23.0 Å². The summed E-state index contributed by atoms with van der Waals surface area (Å²) in [5.41, 5.74) is 1.90. The molecule has 0 aliphatic rings. The molecule has 0 saturated carbocycles. The molecule has 0 aliphatic carbocycles. The fourth-order valence-corrected chi connectivity index (χ4v) is 3.60.